The summed E-state index contributed by atoms with van der Waals surface area (Å²) in [5.74, 6) is -0.379. The van der Waals surface area contributed by atoms with Crippen molar-refractivity contribution in [2.75, 3.05) is 10.7 Å². The Balaban J connectivity index is 1.45. The summed E-state index contributed by atoms with van der Waals surface area (Å²) in [6, 6.07) is 16.5. The van der Waals surface area contributed by atoms with Crippen LogP contribution in [-0.2, 0) is 6.54 Å². The molecule has 4 rings (SSSR count). The van der Waals surface area contributed by atoms with E-state index in [0.717, 1.165) is 0 Å². The summed E-state index contributed by atoms with van der Waals surface area (Å²) in [6.45, 7) is 2.21. The normalized spacial score (nSPS) is 10.6. The highest BCUT2D eigenvalue weighted by atomic mass is 16.3. The van der Waals surface area contributed by atoms with Gasteiger partial charge in [0.05, 0.1) is 17.2 Å². The third kappa shape index (κ3) is 4.15. The van der Waals surface area contributed by atoms with E-state index in [1.807, 2.05) is 6.92 Å². The van der Waals surface area contributed by atoms with E-state index in [2.05, 4.69) is 21.2 Å². The van der Waals surface area contributed by atoms with Crippen molar-refractivity contribution in [2.24, 2.45) is 0 Å². The van der Waals surface area contributed by atoms with Gasteiger partial charge in [0.2, 0.25) is 5.95 Å². The van der Waals surface area contributed by atoms with E-state index in [0.29, 0.717) is 28.7 Å². The number of nitrogens with one attached hydrogen (secondary N) is 3. The zero-order valence-electron chi connectivity index (χ0n) is 16.6. The van der Waals surface area contributed by atoms with Crippen molar-refractivity contribution in [2.45, 2.75) is 13.5 Å². The predicted molar refractivity (Wildman–Crippen MR) is 116 cm³/mol. The second kappa shape index (κ2) is 8.54. The van der Waals surface area contributed by atoms with Crippen LogP contribution in [0.1, 0.15) is 27.8 Å². The molecule has 3 N–H and O–H groups in total. The number of benzene rings is 2. The van der Waals surface area contributed by atoms with Crippen molar-refractivity contribution in [1.82, 2.24) is 15.0 Å². The zero-order valence-corrected chi connectivity index (χ0v) is 16.6. The van der Waals surface area contributed by atoms with Gasteiger partial charge >= 0.3 is 0 Å². The highest BCUT2D eigenvalue weighted by Crippen LogP contribution is 2.13. The van der Waals surface area contributed by atoms with Crippen LogP contribution < -0.4 is 21.7 Å². The average molecular weight is 417 g/mol. The maximum Gasteiger partial charge on any atom is 0.291 e. The summed E-state index contributed by atoms with van der Waals surface area (Å²) >= 11 is 0. The van der Waals surface area contributed by atoms with E-state index in [1.54, 1.807) is 60.7 Å². The first-order chi connectivity index (χ1) is 15.1. The van der Waals surface area contributed by atoms with Crippen LogP contribution in [0.2, 0.25) is 0 Å². The molecule has 9 heteroatoms. The Morgan fingerprint density at radius 2 is 1.77 bits per heavy atom. The number of nitrogens with zero attached hydrogens (tertiary/aromatic N) is 2. The monoisotopic (exact) mass is 417 g/mol. The first-order valence-electron chi connectivity index (χ1n) is 9.57. The van der Waals surface area contributed by atoms with Crippen LogP contribution in [0.3, 0.4) is 0 Å². The smallest absolute Gasteiger partial charge is 0.291 e. The van der Waals surface area contributed by atoms with Crippen molar-refractivity contribution in [3.63, 3.8) is 0 Å². The van der Waals surface area contributed by atoms with Crippen LogP contribution >= 0.6 is 0 Å². The lowest BCUT2D eigenvalue weighted by atomic mass is 10.2. The fourth-order valence-electron chi connectivity index (χ4n) is 3.05. The van der Waals surface area contributed by atoms with E-state index >= 15 is 0 Å². The molecule has 0 aliphatic carbocycles. The van der Waals surface area contributed by atoms with Crippen LogP contribution in [-0.4, -0.2) is 21.4 Å². The third-order valence-electron chi connectivity index (χ3n) is 4.62. The second-order valence-electron chi connectivity index (χ2n) is 6.59. The number of aromatic nitrogens is 2. The Kier molecular flexibility index (Phi) is 5.48. The molecule has 4 aromatic rings. The molecule has 31 heavy (non-hydrogen) atoms. The number of carbonyl (C=O) groups excluding carboxylic acids is 2. The molecular weight excluding hydrogens is 398 g/mol. The van der Waals surface area contributed by atoms with Crippen LogP contribution in [0, 0.1) is 0 Å². The Morgan fingerprint density at radius 3 is 2.48 bits per heavy atom. The van der Waals surface area contributed by atoms with E-state index < -0.39 is 5.91 Å². The molecule has 2 heterocycles. The SMILES string of the molecule is CCn1c(NNC(=O)c2ccc(NC(=O)c3ccco3)cc2)nc2ccccc2c1=O. The summed E-state index contributed by atoms with van der Waals surface area (Å²) in [7, 11) is 0. The van der Waals surface area contributed by atoms with Gasteiger partial charge in [0.25, 0.3) is 17.4 Å². The van der Waals surface area contributed by atoms with Crippen LogP contribution in [0.4, 0.5) is 11.6 Å². The first-order valence-corrected chi connectivity index (χ1v) is 9.57. The summed E-state index contributed by atoms with van der Waals surface area (Å²) in [6.07, 6.45) is 1.41. The number of rotatable bonds is 6. The highest BCUT2D eigenvalue weighted by molar-refractivity contribution is 6.02. The van der Waals surface area contributed by atoms with Crippen LogP contribution in [0.5, 0.6) is 0 Å². The molecule has 2 aromatic heterocycles. The fourth-order valence-corrected chi connectivity index (χ4v) is 3.05. The quantitative estimate of drug-likeness (QED) is 0.415. The summed E-state index contributed by atoms with van der Waals surface area (Å²) in [5.41, 5.74) is 6.49. The number of para-hydroxylation sites is 1. The maximum absolute atomic E-state index is 12.6. The van der Waals surface area contributed by atoms with E-state index in [-0.39, 0.29) is 23.2 Å². The van der Waals surface area contributed by atoms with Gasteiger partial charge in [-0.3, -0.25) is 29.8 Å². The largest absolute Gasteiger partial charge is 0.459 e. The lowest BCUT2D eigenvalue weighted by Crippen LogP contribution is -2.34. The highest BCUT2D eigenvalue weighted by Gasteiger charge is 2.12. The summed E-state index contributed by atoms with van der Waals surface area (Å²) in [4.78, 5) is 41.6. The van der Waals surface area contributed by atoms with Gasteiger partial charge in [-0.25, -0.2) is 4.98 Å². The van der Waals surface area contributed by atoms with Gasteiger partial charge in [-0.1, -0.05) is 12.1 Å². The number of hydrogen-bond acceptors (Lipinski definition) is 6. The molecular formula is C22H19N5O4. The van der Waals surface area contributed by atoms with Gasteiger partial charge in [0, 0.05) is 17.8 Å². The lowest BCUT2D eigenvalue weighted by Gasteiger charge is -2.14. The van der Waals surface area contributed by atoms with Gasteiger partial charge in [-0.15, -0.1) is 0 Å². The molecule has 0 spiro atoms. The minimum Gasteiger partial charge on any atom is -0.459 e. The van der Waals surface area contributed by atoms with Crippen molar-refractivity contribution >= 4 is 34.4 Å². The van der Waals surface area contributed by atoms with Crippen molar-refractivity contribution in [3.8, 4) is 0 Å². The molecule has 156 valence electrons. The summed E-state index contributed by atoms with van der Waals surface area (Å²) < 4.78 is 6.48. The molecule has 0 unspecified atom stereocenters. The van der Waals surface area contributed by atoms with Gasteiger partial charge in [-0.05, 0) is 55.5 Å². The lowest BCUT2D eigenvalue weighted by molar-refractivity contribution is 0.0961. The van der Waals surface area contributed by atoms with Crippen LogP contribution in [0.15, 0.2) is 76.1 Å². The minimum atomic E-state index is -0.422. The van der Waals surface area contributed by atoms with E-state index in [4.69, 9.17) is 4.42 Å². The zero-order chi connectivity index (χ0) is 21.8. The van der Waals surface area contributed by atoms with Crippen LogP contribution in [0.25, 0.3) is 10.9 Å². The number of hydrazine groups is 1. The number of anilines is 2. The van der Waals surface area contributed by atoms with Gasteiger partial charge in [-0.2, -0.15) is 0 Å². The molecule has 0 saturated heterocycles. The number of carbonyl (C=O) groups is 2. The maximum atomic E-state index is 12.6. The second-order valence-corrected chi connectivity index (χ2v) is 6.59. The Hall–Kier alpha value is -4.40. The molecule has 2 amide bonds. The number of fused-ring (bicyclic) bond motifs is 1. The van der Waals surface area contributed by atoms with E-state index in [9.17, 15) is 14.4 Å². The molecule has 0 saturated carbocycles. The summed E-state index contributed by atoms with van der Waals surface area (Å²) in [5, 5.41) is 3.19. The third-order valence-corrected chi connectivity index (χ3v) is 4.62. The molecule has 0 radical (unpaired) electrons. The molecule has 2 aromatic carbocycles. The predicted octanol–water partition coefficient (Wildman–Crippen LogP) is 3.02. The molecule has 0 fully saturated rings. The first kappa shape index (κ1) is 19.9. The molecule has 0 aliphatic rings. The number of furan rings is 1. The Morgan fingerprint density at radius 1 is 1.00 bits per heavy atom. The van der Waals surface area contributed by atoms with Crippen molar-refractivity contribution < 1.29 is 14.0 Å². The molecule has 9 nitrogen and oxygen atoms in total. The van der Waals surface area contributed by atoms with Gasteiger partial charge in [0.1, 0.15) is 0 Å². The standard InChI is InChI=1S/C22H19N5O4/c1-2-27-21(30)16-6-3-4-7-17(16)24-22(27)26-25-19(28)14-9-11-15(12-10-14)23-20(29)18-8-5-13-31-18/h3-13H,2H2,1H3,(H,23,29)(H,24,26)(H,25,28). The van der Waals surface area contributed by atoms with Crippen molar-refractivity contribution in [3.05, 3.63) is 88.6 Å². The van der Waals surface area contributed by atoms with Gasteiger partial charge < -0.3 is 9.73 Å². The fraction of sp³-hybridized carbons (Fsp3) is 0.0909. The van der Waals surface area contributed by atoms with Gasteiger partial charge in [0.15, 0.2) is 5.76 Å². The molecule has 0 aliphatic heterocycles. The van der Waals surface area contributed by atoms with E-state index in [1.165, 1.54) is 10.8 Å². The minimum absolute atomic E-state index is 0.191. The number of hydrogen-bond donors (Lipinski definition) is 3. The topological polar surface area (TPSA) is 118 Å². The molecule has 0 atom stereocenters. The Bertz CT molecular complexity index is 1290. The Labute approximate surface area is 176 Å². The van der Waals surface area contributed by atoms with Crippen molar-refractivity contribution in [1.29, 1.82) is 0 Å². The number of amides is 2. The average Bonchev–Trinajstić information content (AvgIpc) is 3.33. The molecule has 0 bridgehead atoms.